The first-order chi connectivity index (χ1) is 12.1. The third-order valence-electron chi connectivity index (χ3n) is 3.14. The summed E-state index contributed by atoms with van der Waals surface area (Å²) in [6.45, 7) is 1.91. The number of aliphatic hydroxyl groups is 2. The van der Waals surface area contributed by atoms with Gasteiger partial charge in [0.15, 0.2) is 0 Å². The Hall–Kier alpha value is -2.17. The first-order valence-corrected chi connectivity index (χ1v) is 8.62. The van der Waals surface area contributed by atoms with Crippen molar-refractivity contribution < 1.29 is 20.1 Å². The molecule has 0 bridgehead atoms. The predicted octanol–water partition coefficient (Wildman–Crippen LogP) is 4.10. The van der Waals surface area contributed by atoms with Gasteiger partial charge in [0.2, 0.25) is 0 Å². The van der Waals surface area contributed by atoms with Crippen LogP contribution in [0.1, 0.15) is 39.0 Å². The molecule has 25 heavy (non-hydrogen) atoms. The van der Waals surface area contributed by atoms with E-state index in [1.807, 2.05) is 55.5 Å². The first kappa shape index (κ1) is 22.8. The Balaban J connectivity index is 3.83. The lowest BCUT2D eigenvalue weighted by Gasteiger charge is -1.98. The molecule has 0 saturated carbocycles. The van der Waals surface area contributed by atoms with E-state index in [0.29, 0.717) is 19.3 Å². The number of hydrogen-bond donors (Lipinski definition) is 3. The van der Waals surface area contributed by atoms with E-state index in [0.717, 1.165) is 6.42 Å². The molecule has 0 radical (unpaired) electrons. The fraction of sp³-hybridized carbons (Fsp3) is 0.381. The summed E-state index contributed by atoms with van der Waals surface area (Å²) >= 11 is 0. The molecule has 0 fully saturated rings. The zero-order chi connectivity index (χ0) is 18.8. The van der Waals surface area contributed by atoms with E-state index in [1.54, 1.807) is 24.3 Å². The topological polar surface area (TPSA) is 77.8 Å². The predicted molar refractivity (Wildman–Crippen MR) is 103 cm³/mol. The number of carbonyl (C=O) groups is 1. The SMILES string of the molecule is CCC(O)/C=C/C=C/C=C/C(O)C/C=C/C/C=C/C=C/CCC(=O)O. The van der Waals surface area contributed by atoms with E-state index in [-0.39, 0.29) is 6.42 Å². The van der Waals surface area contributed by atoms with Crippen LogP contribution >= 0.6 is 0 Å². The molecule has 0 heterocycles. The molecule has 4 nitrogen and oxygen atoms in total. The van der Waals surface area contributed by atoms with Gasteiger partial charge in [0.25, 0.3) is 0 Å². The molecular weight excluding hydrogens is 316 g/mol. The van der Waals surface area contributed by atoms with Crippen molar-refractivity contribution in [3.63, 3.8) is 0 Å². The van der Waals surface area contributed by atoms with Gasteiger partial charge in [-0.1, -0.05) is 79.8 Å². The highest BCUT2D eigenvalue weighted by Crippen LogP contribution is 1.98. The van der Waals surface area contributed by atoms with Gasteiger partial charge in [0.1, 0.15) is 0 Å². The molecule has 138 valence electrons. The number of carboxylic acid groups (broad SMARTS) is 1. The summed E-state index contributed by atoms with van der Waals surface area (Å²) in [4.78, 5) is 10.3. The average molecular weight is 346 g/mol. The number of aliphatic hydroxyl groups excluding tert-OH is 2. The minimum atomic E-state index is -0.786. The van der Waals surface area contributed by atoms with Gasteiger partial charge in [-0.2, -0.15) is 0 Å². The number of carboxylic acids is 1. The van der Waals surface area contributed by atoms with Gasteiger partial charge in [0, 0.05) is 6.42 Å². The number of hydrogen-bond acceptors (Lipinski definition) is 3. The van der Waals surface area contributed by atoms with Crippen molar-refractivity contribution in [2.75, 3.05) is 0 Å². The second kappa shape index (κ2) is 16.7. The molecule has 2 atom stereocenters. The lowest BCUT2D eigenvalue weighted by atomic mass is 10.2. The van der Waals surface area contributed by atoms with Crippen molar-refractivity contribution in [1.82, 2.24) is 0 Å². The molecular formula is C21H30O4. The second-order valence-corrected chi connectivity index (χ2v) is 5.43. The van der Waals surface area contributed by atoms with E-state index in [9.17, 15) is 15.0 Å². The van der Waals surface area contributed by atoms with Crippen LogP contribution in [-0.4, -0.2) is 33.5 Å². The molecule has 0 aromatic rings. The monoisotopic (exact) mass is 346 g/mol. The normalized spacial score (nSPS) is 15.6. The van der Waals surface area contributed by atoms with Gasteiger partial charge in [-0.3, -0.25) is 4.79 Å². The van der Waals surface area contributed by atoms with E-state index in [1.165, 1.54) is 0 Å². The molecule has 0 amide bonds. The Morgan fingerprint density at radius 1 is 0.840 bits per heavy atom. The van der Waals surface area contributed by atoms with Crippen LogP contribution in [0.4, 0.5) is 0 Å². The maximum absolute atomic E-state index is 10.3. The minimum Gasteiger partial charge on any atom is -0.481 e. The Labute approximate surface area is 150 Å². The first-order valence-electron chi connectivity index (χ1n) is 8.62. The quantitative estimate of drug-likeness (QED) is 0.346. The summed E-state index contributed by atoms with van der Waals surface area (Å²) in [6, 6.07) is 0. The van der Waals surface area contributed by atoms with Gasteiger partial charge in [-0.15, -0.1) is 0 Å². The summed E-state index contributed by atoms with van der Waals surface area (Å²) in [6.07, 6.45) is 23.8. The molecule has 0 spiro atoms. The zero-order valence-electron chi connectivity index (χ0n) is 14.9. The molecule has 0 aromatic carbocycles. The van der Waals surface area contributed by atoms with Crippen molar-refractivity contribution in [1.29, 1.82) is 0 Å². The van der Waals surface area contributed by atoms with E-state index in [2.05, 4.69) is 0 Å². The summed E-state index contributed by atoms with van der Waals surface area (Å²) in [5, 5.41) is 27.6. The van der Waals surface area contributed by atoms with Gasteiger partial charge in [-0.25, -0.2) is 0 Å². The second-order valence-electron chi connectivity index (χ2n) is 5.43. The third kappa shape index (κ3) is 18.0. The van der Waals surface area contributed by atoms with Crippen molar-refractivity contribution >= 4 is 5.97 Å². The smallest absolute Gasteiger partial charge is 0.303 e. The lowest BCUT2D eigenvalue weighted by Crippen LogP contribution is -1.98. The number of rotatable bonds is 13. The third-order valence-corrected chi connectivity index (χ3v) is 3.14. The van der Waals surface area contributed by atoms with Crippen molar-refractivity contribution in [3.8, 4) is 0 Å². The van der Waals surface area contributed by atoms with Crippen LogP contribution in [0.3, 0.4) is 0 Å². The molecule has 2 unspecified atom stereocenters. The van der Waals surface area contributed by atoms with Gasteiger partial charge in [-0.05, 0) is 25.7 Å². The van der Waals surface area contributed by atoms with E-state index in [4.69, 9.17) is 5.11 Å². The zero-order valence-corrected chi connectivity index (χ0v) is 14.9. The van der Waals surface area contributed by atoms with Gasteiger partial charge in [0.05, 0.1) is 12.2 Å². The Bertz CT molecular complexity index is 510. The van der Waals surface area contributed by atoms with E-state index < -0.39 is 18.2 Å². The fourth-order valence-electron chi connectivity index (χ4n) is 1.68. The van der Waals surface area contributed by atoms with E-state index >= 15 is 0 Å². The van der Waals surface area contributed by atoms with Crippen LogP contribution in [0.5, 0.6) is 0 Å². The minimum absolute atomic E-state index is 0.155. The van der Waals surface area contributed by atoms with Gasteiger partial charge < -0.3 is 15.3 Å². The molecule has 3 N–H and O–H groups in total. The molecule has 4 heteroatoms. The van der Waals surface area contributed by atoms with Crippen LogP contribution in [0, 0.1) is 0 Å². The highest BCUT2D eigenvalue weighted by atomic mass is 16.4. The molecule has 0 aliphatic rings. The maximum Gasteiger partial charge on any atom is 0.303 e. The molecule has 0 saturated heterocycles. The van der Waals surface area contributed by atoms with Crippen LogP contribution < -0.4 is 0 Å². The van der Waals surface area contributed by atoms with Crippen LogP contribution in [0.25, 0.3) is 0 Å². The summed E-state index contributed by atoms with van der Waals surface area (Å²) in [5.74, 6) is -0.786. The molecule has 0 aliphatic carbocycles. The Morgan fingerprint density at radius 2 is 1.48 bits per heavy atom. The lowest BCUT2D eigenvalue weighted by molar-refractivity contribution is -0.136. The standard InChI is InChI=1S/C21H30O4/c1-2-19(22)15-11-9-10-13-17-20(23)16-12-7-5-3-4-6-8-14-18-21(24)25/h3-4,6-13,15,17,19-20,22-23H,2,5,14,16,18H2,1H3,(H,24,25)/b4-3+,8-6+,10-9+,12-7+,15-11+,17-13+. The maximum atomic E-state index is 10.3. The molecule has 0 aliphatic heterocycles. The Morgan fingerprint density at radius 3 is 2.12 bits per heavy atom. The number of allylic oxidation sites excluding steroid dienone is 9. The van der Waals surface area contributed by atoms with Crippen molar-refractivity contribution in [2.45, 2.75) is 51.2 Å². The van der Waals surface area contributed by atoms with Crippen LogP contribution in [0.2, 0.25) is 0 Å². The van der Waals surface area contributed by atoms with Gasteiger partial charge >= 0.3 is 5.97 Å². The van der Waals surface area contributed by atoms with Crippen LogP contribution in [-0.2, 0) is 4.79 Å². The van der Waals surface area contributed by atoms with Crippen LogP contribution in [0.15, 0.2) is 72.9 Å². The summed E-state index contributed by atoms with van der Waals surface area (Å²) in [5.41, 5.74) is 0. The van der Waals surface area contributed by atoms with Crippen molar-refractivity contribution in [3.05, 3.63) is 72.9 Å². The Kier molecular flexibility index (Phi) is 15.2. The average Bonchev–Trinajstić information content (AvgIpc) is 2.58. The highest BCUT2D eigenvalue weighted by Gasteiger charge is 1.93. The summed E-state index contributed by atoms with van der Waals surface area (Å²) in [7, 11) is 0. The van der Waals surface area contributed by atoms with Crippen molar-refractivity contribution in [2.24, 2.45) is 0 Å². The highest BCUT2D eigenvalue weighted by molar-refractivity contribution is 5.66. The molecule has 0 rings (SSSR count). The summed E-state index contributed by atoms with van der Waals surface area (Å²) < 4.78 is 0. The number of aliphatic carboxylic acids is 1. The molecule has 0 aromatic heterocycles. The fourth-order valence-corrected chi connectivity index (χ4v) is 1.68. The largest absolute Gasteiger partial charge is 0.481 e.